The van der Waals surface area contributed by atoms with Crippen LogP contribution in [0.25, 0.3) is 0 Å². The summed E-state index contributed by atoms with van der Waals surface area (Å²) in [6, 6.07) is 20.5. The van der Waals surface area contributed by atoms with E-state index in [2.05, 4.69) is 10.1 Å². The second-order valence-corrected chi connectivity index (χ2v) is 5.81. The molecule has 0 amide bonds. The maximum Gasteiger partial charge on any atom is 0.135 e. The summed E-state index contributed by atoms with van der Waals surface area (Å²) in [5, 5.41) is 13.6. The molecule has 0 saturated heterocycles. The van der Waals surface area contributed by atoms with Gasteiger partial charge in [0.2, 0.25) is 0 Å². The number of rotatable bonds is 6. The smallest absolute Gasteiger partial charge is 0.135 e. The molecule has 0 aliphatic rings. The molecule has 3 aromatic rings. The molecule has 0 aliphatic carbocycles. The number of hydrogen-bond acceptors (Lipinski definition) is 4. The molecule has 2 aromatic carbocycles. The van der Waals surface area contributed by atoms with Gasteiger partial charge in [0.25, 0.3) is 0 Å². The molecule has 0 atom stereocenters. The highest BCUT2D eigenvalue weighted by Crippen LogP contribution is 2.18. The number of oxime groups is 1. The maximum absolute atomic E-state index is 9.49. The summed E-state index contributed by atoms with van der Waals surface area (Å²) in [5.41, 5.74) is 2.93. The first-order valence-corrected chi connectivity index (χ1v) is 8.26. The average molecular weight is 353 g/mol. The molecule has 0 saturated carbocycles. The Morgan fingerprint density at radius 3 is 2.48 bits per heavy atom. The summed E-state index contributed by atoms with van der Waals surface area (Å²) in [6.45, 7) is 0.500. The van der Waals surface area contributed by atoms with Crippen molar-refractivity contribution in [2.75, 3.05) is 6.61 Å². The molecule has 0 spiro atoms. The van der Waals surface area contributed by atoms with Gasteiger partial charge in [0.1, 0.15) is 11.5 Å². The van der Waals surface area contributed by atoms with Crippen molar-refractivity contribution in [3.05, 3.63) is 94.8 Å². The number of ether oxygens (including phenoxy) is 1. The van der Waals surface area contributed by atoms with E-state index < -0.39 is 0 Å². The maximum atomic E-state index is 9.49. The lowest BCUT2D eigenvalue weighted by molar-refractivity contribution is 0.318. The number of halogens is 1. The molecular formula is C20H17ClN2O2. The lowest BCUT2D eigenvalue weighted by Gasteiger charge is -2.11. The van der Waals surface area contributed by atoms with Crippen LogP contribution < -0.4 is 4.74 Å². The zero-order valence-electron chi connectivity index (χ0n) is 13.5. The van der Waals surface area contributed by atoms with Gasteiger partial charge in [-0.1, -0.05) is 47.1 Å². The highest BCUT2D eigenvalue weighted by molar-refractivity contribution is 6.30. The summed E-state index contributed by atoms with van der Waals surface area (Å²) >= 11 is 5.87. The van der Waals surface area contributed by atoms with E-state index >= 15 is 0 Å². The molecule has 126 valence electrons. The lowest BCUT2D eigenvalue weighted by Crippen LogP contribution is -2.11. The molecule has 0 bridgehead atoms. The molecule has 1 heterocycles. The van der Waals surface area contributed by atoms with Gasteiger partial charge in [0, 0.05) is 23.2 Å². The van der Waals surface area contributed by atoms with Crippen LogP contribution in [0.15, 0.2) is 78.1 Å². The van der Waals surface area contributed by atoms with Crippen LogP contribution in [0.1, 0.15) is 16.8 Å². The van der Waals surface area contributed by atoms with Crippen LogP contribution in [0.3, 0.4) is 0 Å². The molecular weight excluding hydrogens is 336 g/mol. The van der Waals surface area contributed by atoms with E-state index in [0.717, 1.165) is 16.9 Å². The number of benzene rings is 2. The van der Waals surface area contributed by atoms with Crippen molar-refractivity contribution in [2.24, 2.45) is 5.16 Å². The molecule has 0 radical (unpaired) electrons. The first kappa shape index (κ1) is 17.0. The van der Waals surface area contributed by atoms with Gasteiger partial charge in [-0.15, -0.1) is 0 Å². The molecule has 3 rings (SSSR count). The highest BCUT2D eigenvalue weighted by Gasteiger charge is 2.13. The van der Waals surface area contributed by atoms with E-state index in [1.165, 1.54) is 0 Å². The van der Waals surface area contributed by atoms with Crippen LogP contribution in [0.4, 0.5) is 0 Å². The fraction of sp³-hybridized carbons (Fsp3) is 0.100. The summed E-state index contributed by atoms with van der Waals surface area (Å²) < 4.78 is 5.76. The molecule has 5 heteroatoms. The summed E-state index contributed by atoms with van der Waals surface area (Å²) in [4.78, 5) is 4.27. The fourth-order valence-corrected chi connectivity index (χ4v) is 2.65. The minimum absolute atomic E-state index is 0.447. The standard InChI is InChI=1S/C20H17ClN2O2/c21-16-8-10-17(11-9-16)25-14-12-15-5-1-2-6-18(15)20(23-24)19-7-3-4-13-22-19/h1-11,13,24H,12,14H2. The van der Waals surface area contributed by atoms with Gasteiger partial charge in [-0.05, 0) is 42.0 Å². The zero-order chi connectivity index (χ0) is 17.5. The molecule has 1 aromatic heterocycles. The zero-order valence-corrected chi connectivity index (χ0v) is 14.2. The first-order valence-electron chi connectivity index (χ1n) is 7.88. The van der Waals surface area contributed by atoms with Crippen LogP contribution in [-0.2, 0) is 6.42 Å². The van der Waals surface area contributed by atoms with Crippen molar-refractivity contribution >= 4 is 17.3 Å². The van der Waals surface area contributed by atoms with Gasteiger partial charge in [0.15, 0.2) is 0 Å². The van der Waals surface area contributed by atoms with Gasteiger partial charge >= 0.3 is 0 Å². The quantitative estimate of drug-likeness (QED) is 0.401. The van der Waals surface area contributed by atoms with Crippen molar-refractivity contribution in [3.8, 4) is 5.75 Å². The Morgan fingerprint density at radius 2 is 1.76 bits per heavy atom. The van der Waals surface area contributed by atoms with Gasteiger partial charge in [-0.3, -0.25) is 4.98 Å². The number of nitrogens with zero attached hydrogens (tertiary/aromatic N) is 2. The van der Waals surface area contributed by atoms with Crippen molar-refractivity contribution in [1.82, 2.24) is 4.98 Å². The van der Waals surface area contributed by atoms with Crippen molar-refractivity contribution < 1.29 is 9.94 Å². The summed E-state index contributed by atoms with van der Waals surface area (Å²) in [7, 11) is 0. The Bertz CT molecular complexity index is 849. The summed E-state index contributed by atoms with van der Waals surface area (Å²) in [5.74, 6) is 0.766. The Hall–Kier alpha value is -2.85. The Morgan fingerprint density at radius 1 is 1.00 bits per heavy atom. The van der Waals surface area contributed by atoms with Crippen LogP contribution in [0.2, 0.25) is 5.02 Å². The van der Waals surface area contributed by atoms with E-state index in [9.17, 15) is 5.21 Å². The predicted molar refractivity (Wildman–Crippen MR) is 98.8 cm³/mol. The molecule has 25 heavy (non-hydrogen) atoms. The molecule has 1 N–H and O–H groups in total. The topological polar surface area (TPSA) is 54.7 Å². The van der Waals surface area contributed by atoms with Gasteiger partial charge < -0.3 is 9.94 Å². The van der Waals surface area contributed by atoms with Crippen LogP contribution in [-0.4, -0.2) is 22.5 Å². The molecule has 4 nitrogen and oxygen atoms in total. The number of pyridine rings is 1. The number of hydrogen-bond donors (Lipinski definition) is 1. The average Bonchev–Trinajstić information content (AvgIpc) is 2.66. The third kappa shape index (κ3) is 4.37. The van der Waals surface area contributed by atoms with E-state index in [1.807, 2.05) is 54.6 Å². The molecule has 0 aliphatic heterocycles. The molecule has 0 fully saturated rings. The monoisotopic (exact) mass is 352 g/mol. The van der Waals surface area contributed by atoms with Gasteiger partial charge in [-0.25, -0.2) is 0 Å². The Balaban J connectivity index is 1.75. The van der Waals surface area contributed by atoms with Crippen molar-refractivity contribution in [3.63, 3.8) is 0 Å². The number of aromatic nitrogens is 1. The lowest BCUT2D eigenvalue weighted by atomic mass is 9.98. The van der Waals surface area contributed by atoms with E-state index in [1.54, 1.807) is 18.3 Å². The molecule has 0 unspecified atom stereocenters. The largest absolute Gasteiger partial charge is 0.493 e. The SMILES string of the molecule is ON=C(c1ccccn1)c1ccccc1CCOc1ccc(Cl)cc1. The van der Waals surface area contributed by atoms with Crippen molar-refractivity contribution in [2.45, 2.75) is 6.42 Å². The van der Waals surface area contributed by atoms with E-state index in [4.69, 9.17) is 16.3 Å². The van der Waals surface area contributed by atoms with E-state index in [0.29, 0.717) is 29.5 Å². The van der Waals surface area contributed by atoms with Gasteiger partial charge in [0.05, 0.1) is 12.3 Å². The predicted octanol–water partition coefficient (Wildman–Crippen LogP) is 4.58. The van der Waals surface area contributed by atoms with Gasteiger partial charge in [-0.2, -0.15) is 0 Å². The third-order valence-corrected chi connectivity index (χ3v) is 3.99. The minimum atomic E-state index is 0.447. The second kappa shape index (κ2) is 8.31. The highest BCUT2D eigenvalue weighted by atomic mass is 35.5. The Kier molecular flexibility index (Phi) is 5.65. The van der Waals surface area contributed by atoms with Crippen LogP contribution in [0.5, 0.6) is 5.75 Å². The van der Waals surface area contributed by atoms with Crippen molar-refractivity contribution in [1.29, 1.82) is 0 Å². The normalized spacial score (nSPS) is 11.3. The second-order valence-electron chi connectivity index (χ2n) is 5.37. The Labute approximate surface area is 151 Å². The first-order chi connectivity index (χ1) is 12.3. The summed E-state index contributed by atoms with van der Waals surface area (Å²) in [6.07, 6.45) is 2.34. The third-order valence-electron chi connectivity index (χ3n) is 3.73. The van der Waals surface area contributed by atoms with Crippen LogP contribution in [0, 0.1) is 0 Å². The van der Waals surface area contributed by atoms with E-state index in [-0.39, 0.29) is 0 Å². The fourth-order valence-electron chi connectivity index (χ4n) is 2.52. The minimum Gasteiger partial charge on any atom is -0.493 e. The van der Waals surface area contributed by atoms with Crippen LogP contribution >= 0.6 is 11.6 Å².